The molecule has 1 aromatic rings. The number of ketones is 1. The van der Waals surface area contributed by atoms with E-state index in [4.69, 9.17) is 9.84 Å². The van der Waals surface area contributed by atoms with Gasteiger partial charge in [0.15, 0.2) is 5.78 Å². The molecule has 0 spiro atoms. The summed E-state index contributed by atoms with van der Waals surface area (Å²) >= 11 is 0. The van der Waals surface area contributed by atoms with E-state index < -0.39 is 18.2 Å². The number of carboxylic acid groups (broad SMARTS) is 1. The fraction of sp³-hybridized carbons (Fsp3) is 0.375. The summed E-state index contributed by atoms with van der Waals surface area (Å²) in [5.41, 5.74) is 2.65. The molecule has 1 aliphatic heterocycles. The van der Waals surface area contributed by atoms with Gasteiger partial charge in [0, 0.05) is 5.57 Å². The number of phenolic OH excluding ortho intramolecular Hbond substituents is 1. The zero-order valence-corrected chi connectivity index (χ0v) is 11.6. The molecule has 1 aromatic carbocycles. The highest BCUT2D eigenvalue weighted by molar-refractivity contribution is 6.13. The molecule has 5 nitrogen and oxygen atoms in total. The molecule has 1 aliphatic carbocycles. The lowest BCUT2D eigenvalue weighted by Crippen LogP contribution is -2.36. The van der Waals surface area contributed by atoms with E-state index in [-0.39, 0.29) is 18.0 Å². The first-order valence-corrected chi connectivity index (χ1v) is 6.92. The fourth-order valence-corrected chi connectivity index (χ4v) is 3.27. The van der Waals surface area contributed by atoms with Crippen molar-refractivity contribution in [3.05, 3.63) is 40.5 Å². The van der Waals surface area contributed by atoms with Gasteiger partial charge in [-0.3, -0.25) is 9.59 Å². The first kappa shape index (κ1) is 13.8. The second kappa shape index (κ2) is 5.00. The maximum Gasteiger partial charge on any atom is 0.305 e. The minimum atomic E-state index is -0.906. The molecular formula is C16H16O5. The van der Waals surface area contributed by atoms with E-state index in [1.54, 1.807) is 13.0 Å². The number of carbonyl (C=O) groups is 2. The van der Waals surface area contributed by atoms with Gasteiger partial charge in [-0.2, -0.15) is 0 Å². The second-order valence-corrected chi connectivity index (χ2v) is 5.54. The Morgan fingerprint density at radius 2 is 2.19 bits per heavy atom. The Balaban J connectivity index is 1.98. The normalized spacial score (nSPS) is 24.5. The number of aliphatic carboxylic acids is 1. The van der Waals surface area contributed by atoms with E-state index in [1.165, 1.54) is 6.07 Å². The molecule has 5 heteroatoms. The van der Waals surface area contributed by atoms with Crippen LogP contribution in [0.1, 0.15) is 35.7 Å². The van der Waals surface area contributed by atoms with E-state index in [0.29, 0.717) is 24.0 Å². The molecule has 0 fully saturated rings. The van der Waals surface area contributed by atoms with E-state index in [0.717, 1.165) is 11.1 Å². The molecule has 3 rings (SSSR count). The lowest BCUT2D eigenvalue weighted by Gasteiger charge is -2.34. The van der Waals surface area contributed by atoms with Crippen molar-refractivity contribution < 1.29 is 24.5 Å². The Labute approximate surface area is 121 Å². The highest BCUT2D eigenvalue weighted by Gasteiger charge is 2.37. The summed E-state index contributed by atoms with van der Waals surface area (Å²) in [7, 11) is 0. The number of fused-ring (bicyclic) bond motifs is 1. The average molecular weight is 288 g/mol. The third kappa shape index (κ3) is 2.34. The molecule has 2 aliphatic rings. The van der Waals surface area contributed by atoms with Gasteiger partial charge in [-0.05, 0) is 31.4 Å². The highest BCUT2D eigenvalue weighted by Crippen LogP contribution is 2.39. The van der Waals surface area contributed by atoms with Crippen molar-refractivity contribution in [3.63, 3.8) is 0 Å². The third-order valence-electron chi connectivity index (χ3n) is 4.06. The van der Waals surface area contributed by atoms with Gasteiger partial charge in [-0.15, -0.1) is 0 Å². The van der Waals surface area contributed by atoms with Crippen LogP contribution in [-0.2, 0) is 16.0 Å². The van der Waals surface area contributed by atoms with Crippen molar-refractivity contribution in [3.8, 4) is 5.75 Å². The van der Waals surface area contributed by atoms with Gasteiger partial charge in [0.25, 0.3) is 0 Å². The Kier molecular flexibility index (Phi) is 3.29. The predicted octanol–water partition coefficient (Wildman–Crippen LogP) is 2.08. The second-order valence-electron chi connectivity index (χ2n) is 5.54. The summed E-state index contributed by atoms with van der Waals surface area (Å²) in [4.78, 5) is 23.4. The van der Waals surface area contributed by atoms with E-state index in [1.807, 2.05) is 6.07 Å². The largest absolute Gasteiger partial charge is 0.507 e. The van der Waals surface area contributed by atoms with Crippen LogP contribution >= 0.6 is 0 Å². The number of phenols is 1. The van der Waals surface area contributed by atoms with Crippen LogP contribution in [0.5, 0.6) is 5.75 Å². The number of aromatic hydroxyl groups is 1. The van der Waals surface area contributed by atoms with Crippen molar-refractivity contribution in [1.29, 1.82) is 0 Å². The zero-order valence-electron chi connectivity index (χ0n) is 11.6. The molecule has 0 saturated carbocycles. The molecular weight excluding hydrogens is 272 g/mol. The molecule has 0 aromatic heterocycles. The molecule has 2 unspecified atom stereocenters. The molecule has 110 valence electrons. The summed E-state index contributed by atoms with van der Waals surface area (Å²) in [6, 6.07) is 5.04. The number of hydrogen-bond acceptors (Lipinski definition) is 4. The average Bonchev–Trinajstić information content (AvgIpc) is 2.36. The lowest BCUT2D eigenvalue weighted by molar-refractivity contribution is -0.141. The molecule has 2 atom stereocenters. The molecule has 1 heterocycles. The number of rotatable bonds is 2. The smallest absolute Gasteiger partial charge is 0.305 e. The van der Waals surface area contributed by atoms with Crippen LogP contribution in [-0.4, -0.2) is 34.2 Å². The monoisotopic (exact) mass is 288 g/mol. The highest BCUT2D eigenvalue weighted by atomic mass is 16.5. The summed E-state index contributed by atoms with van der Waals surface area (Å²) in [5, 5.41) is 18.8. The first-order chi connectivity index (χ1) is 9.97. The van der Waals surface area contributed by atoms with E-state index in [9.17, 15) is 14.7 Å². The Morgan fingerprint density at radius 3 is 2.90 bits per heavy atom. The van der Waals surface area contributed by atoms with E-state index in [2.05, 4.69) is 0 Å². The van der Waals surface area contributed by atoms with Crippen LogP contribution in [0.2, 0.25) is 0 Å². The number of benzene rings is 1. The summed E-state index contributed by atoms with van der Waals surface area (Å²) in [5.74, 6) is -1.12. The number of hydrogen-bond donors (Lipinski definition) is 2. The molecule has 2 N–H and O–H groups in total. The van der Waals surface area contributed by atoms with Gasteiger partial charge in [0.2, 0.25) is 0 Å². The van der Waals surface area contributed by atoms with Crippen molar-refractivity contribution in [2.75, 3.05) is 0 Å². The number of Topliss-reactive ketones (excluding diaryl/α,β-unsaturated/α-hetero) is 1. The van der Waals surface area contributed by atoms with Crippen LogP contribution in [0.25, 0.3) is 0 Å². The van der Waals surface area contributed by atoms with E-state index >= 15 is 0 Å². The van der Waals surface area contributed by atoms with Gasteiger partial charge in [-0.1, -0.05) is 17.7 Å². The van der Waals surface area contributed by atoms with Gasteiger partial charge < -0.3 is 14.9 Å². The quantitative estimate of drug-likeness (QED) is 0.870. The first-order valence-electron chi connectivity index (χ1n) is 6.92. The van der Waals surface area contributed by atoms with Crippen LogP contribution in [0.4, 0.5) is 0 Å². The maximum atomic E-state index is 12.6. The van der Waals surface area contributed by atoms with Crippen LogP contribution in [0.15, 0.2) is 29.3 Å². The minimum absolute atomic E-state index is 0.0103. The third-order valence-corrected chi connectivity index (χ3v) is 4.06. The van der Waals surface area contributed by atoms with Gasteiger partial charge in [0.1, 0.15) is 5.75 Å². The van der Waals surface area contributed by atoms with Gasteiger partial charge >= 0.3 is 5.97 Å². The van der Waals surface area contributed by atoms with Crippen LogP contribution < -0.4 is 0 Å². The standard InChI is InChI=1S/C16H16O5/c1-8-14-10(6-11(21-8)7-13(18)19)5-9-3-2-4-12(17)15(9)16(14)20/h2-4,8,11,17H,5-7H2,1H3,(H,18,19). The van der Waals surface area contributed by atoms with Crippen molar-refractivity contribution >= 4 is 11.8 Å². The molecule has 0 radical (unpaired) electrons. The maximum absolute atomic E-state index is 12.6. The number of carbonyl (C=O) groups excluding carboxylic acids is 1. The Morgan fingerprint density at radius 1 is 1.43 bits per heavy atom. The zero-order chi connectivity index (χ0) is 15.1. The van der Waals surface area contributed by atoms with Gasteiger partial charge in [0.05, 0.1) is 24.2 Å². The Bertz CT molecular complexity index is 659. The van der Waals surface area contributed by atoms with Crippen molar-refractivity contribution in [1.82, 2.24) is 0 Å². The van der Waals surface area contributed by atoms with Crippen molar-refractivity contribution in [2.24, 2.45) is 0 Å². The number of ether oxygens (including phenoxy) is 1. The summed E-state index contributed by atoms with van der Waals surface area (Å²) < 4.78 is 5.65. The van der Waals surface area contributed by atoms with Crippen LogP contribution in [0.3, 0.4) is 0 Å². The Hall–Kier alpha value is -2.14. The fourth-order valence-electron chi connectivity index (χ4n) is 3.27. The summed E-state index contributed by atoms with van der Waals surface area (Å²) in [6.45, 7) is 1.76. The number of carboxylic acids is 1. The molecule has 0 amide bonds. The minimum Gasteiger partial charge on any atom is -0.507 e. The lowest BCUT2D eigenvalue weighted by atomic mass is 9.79. The van der Waals surface area contributed by atoms with Gasteiger partial charge in [-0.25, -0.2) is 0 Å². The molecule has 0 bridgehead atoms. The summed E-state index contributed by atoms with van der Waals surface area (Å²) in [6.07, 6.45) is 0.102. The SMILES string of the molecule is CC1OC(CC(=O)O)CC2=C1C(=O)c1c(O)cccc1C2. The molecule has 21 heavy (non-hydrogen) atoms. The molecule has 0 saturated heterocycles. The van der Waals surface area contributed by atoms with Crippen LogP contribution in [0, 0.1) is 0 Å². The van der Waals surface area contributed by atoms with Crippen molar-refractivity contribution in [2.45, 2.75) is 38.4 Å². The topological polar surface area (TPSA) is 83.8 Å². The predicted molar refractivity (Wildman–Crippen MR) is 74.4 cm³/mol.